The molecule has 0 aliphatic rings. The molecule has 1 amide bonds. The van der Waals surface area contributed by atoms with E-state index in [1.54, 1.807) is 6.20 Å². The van der Waals surface area contributed by atoms with Crippen LogP contribution in [0.4, 0.5) is 0 Å². The van der Waals surface area contributed by atoms with Gasteiger partial charge in [-0.25, -0.2) is 4.68 Å². The number of carbonyl (C=O) groups is 1. The predicted octanol–water partition coefficient (Wildman–Crippen LogP) is 2.16. The molecule has 0 spiro atoms. The summed E-state index contributed by atoms with van der Waals surface area (Å²) in [6.45, 7) is 6.54. The molecule has 2 aromatic rings. The van der Waals surface area contributed by atoms with Gasteiger partial charge in [0.2, 0.25) is 0 Å². The van der Waals surface area contributed by atoms with Crippen LogP contribution >= 0.6 is 0 Å². The third-order valence-electron chi connectivity index (χ3n) is 3.46. The van der Waals surface area contributed by atoms with Crippen molar-refractivity contribution in [2.45, 2.75) is 26.7 Å². The topological polar surface area (TPSA) is 58.9 Å². The van der Waals surface area contributed by atoms with Gasteiger partial charge in [0.15, 0.2) is 0 Å². The Kier molecular flexibility index (Phi) is 6.15. The Morgan fingerprint density at radius 1 is 1.14 bits per heavy atom. The summed E-state index contributed by atoms with van der Waals surface area (Å²) >= 11 is 0. The highest BCUT2D eigenvalue weighted by atomic mass is 16.1. The molecule has 0 aliphatic carbocycles. The van der Waals surface area contributed by atoms with Crippen LogP contribution in [-0.2, 0) is 6.42 Å². The minimum Gasteiger partial charge on any atom is -0.351 e. The SMILES string of the molecule is CCCNCCNC(=O)c1cnn(-c2ccccc2)c1CC. The molecule has 2 rings (SSSR count). The number of para-hydroxylation sites is 1. The molecule has 1 aromatic heterocycles. The number of hydrogen-bond donors (Lipinski definition) is 2. The van der Waals surface area contributed by atoms with Gasteiger partial charge in [-0.1, -0.05) is 32.0 Å². The number of aromatic nitrogens is 2. The third-order valence-corrected chi connectivity index (χ3v) is 3.46. The standard InChI is InChI=1S/C17H24N4O/c1-3-10-18-11-12-19-17(22)15-13-20-21(16(15)4-2)14-8-6-5-7-9-14/h5-9,13,18H,3-4,10-12H2,1-2H3,(H,19,22). The van der Waals surface area contributed by atoms with Gasteiger partial charge in [-0.3, -0.25) is 4.79 Å². The van der Waals surface area contributed by atoms with Crippen molar-refractivity contribution >= 4 is 5.91 Å². The van der Waals surface area contributed by atoms with Gasteiger partial charge in [0.1, 0.15) is 0 Å². The molecule has 118 valence electrons. The lowest BCUT2D eigenvalue weighted by molar-refractivity contribution is 0.0953. The molecular formula is C17H24N4O. The summed E-state index contributed by atoms with van der Waals surface area (Å²) in [7, 11) is 0. The van der Waals surface area contributed by atoms with Crippen LogP contribution in [0.25, 0.3) is 5.69 Å². The van der Waals surface area contributed by atoms with Crippen molar-refractivity contribution < 1.29 is 4.79 Å². The molecule has 2 N–H and O–H groups in total. The van der Waals surface area contributed by atoms with Gasteiger partial charge in [0, 0.05) is 13.1 Å². The van der Waals surface area contributed by atoms with Crippen molar-refractivity contribution in [3.63, 3.8) is 0 Å². The molecule has 0 bridgehead atoms. The molecule has 0 fully saturated rings. The van der Waals surface area contributed by atoms with E-state index in [4.69, 9.17) is 0 Å². The molecule has 0 saturated heterocycles. The lowest BCUT2D eigenvalue weighted by atomic mass is 10.2. The van der Waals surface area contributed by atoms with Crippen LogP contribution in [0.1, 0.15) is 36.3 Å². The van der Waals surface area contributed by atoms with Crippen molar-refractivity contribution in [3.8, 4) is 5.69 Å². The Bertz CT molecular complexity index is 592. The third kappa shape index (κ3) is 3.95. The van der Waals surface area contributed by atoms with Crippen molar-refractivity contribution in [1.29, 1.82) is 0 Å². The molecule has 0 aliphatic heterocycles. The number of nitrogens with zero attached hydrogens (tertiary/aromatic N) is 2. The molecule has 22 heavy (non-hydrogen) atoms. The fraction of sp³-hybridized carbons (Fsp3) is 0.412. The zero-order valence-corrected chi connectivity index (χ0v) is 13.3. The van der Waals surface area contributed by atoms with Crippen LogP contribution in [0.2, 0.25) is 0 Å². The number of carbonyl (C=O) groups excluding carboxylic acids is 1. The van der Waals surface area contributed by atoms with Crippen molar-refractivity contribution in [2.24, 2.45) is 0 Å². The summed E-state index contributed by atoms with van der Waals surface area (Å²) in [6, 6.07) is 9.88. The molecule has 0 atom stereocenters. The summed E-state index contributed by atoms with van der Waals surface area (Å²) in [5.41, 5.74) is 2.56. The maximum Gasteiger partial charge on any atom is 0.254 e. The number of rotatable bonds is 8. The highest BCUT2D eigenvalue weighted by Gasteiger charge is 2.16. The van der Waals surface area contributed by atoms with E-state index in [1.165, 1.54) is 0 Å². The number of nitrogens with one attached hydrogen (secondary N) is 2. The summed E-state index contributed by atoms with van der Waals surface area (Å²) < 4.78 is 1.84. The average Bonchev–Trinajstić information content (AvgIpc) is 2.99. The van der Waals surface area contributed by atoms with E-state index in [1.807, 2.05) is 41.9 Å². The van der Waals surface area contributed by atoms with Gasteiger partial charge in [-0.05, 0) is 31.5 Å². The van der Waals surface area contributed by atoms with Crippen LogP contribution in [0.5, 0.6) is 0 Å². The van der Waals surface area contributed by atoms with Crippen LogP contribution < -0.4 is 10.6 Å². The van der Waals surface area contributed by atoms with Crippen LogP contribution in [-0.4, -0.2) is 35.3 Å². The van der Waals surface area contributed by atoms with Crippen LogP contribution in [0, 0.1) is 0 Å². The Balaban J connectivity index is 2.05. The summed E-state index contributed by atoms with van der Waals surface area (Å²) in [5.74, 6) is -0.0580. The smallest absolute Gasteiger partial charge is 0.254 e. The van der Waals surface area contributed by atoms with Gasteiger partial charge in [0.05, 0.1) is 23.1 Å². The molecule has 0 radical (unpaired) electrons. The molecule has 0 saturated carbocycles. The number of amides is 1. The van der Waals surface area contributed by atoms with Crippen molar-refractivity contribution in [1.82, 2.24) is 20.4 Å². The van der Waals surface area contributed by atoms with Gasteiger partial charge in [-0.2, -0.15) is 5.10 Å². The Labute approximate surface area is 131 Å². The highest BCUT2D eigenvalue weighted by molar-refractivity contribution is 5.95. The first-order valence-corrected chi connectivity index (χ1v) is 7.89. The van der Waals surface area contributed by atoms with E-state index >= 15 is 0 Å². The fourth-order valence-electron chi connectivity index (χ4n) is 2.36. The second kappa shape index (κ2) is 8.34. The average molecular weight is 300 g/mol. The Hall–Kier alpha value is -2.14. The maximum atomic E-state index is 12.3. The van der Waals surface area contributed by atoms with Crippen molar-refractivity contribution in [2.75, 3.05) is 19.6 Å². The number of hydrogen-bond acceptors (Lipinski definition) is 3. The number of benzene rings is 1. The van der Waals surface area contributed by atoms with Gasteiger partial charge in [0.25, 0.3) is 5.91 Å². The molecule has 5 heteroatoms. The van der Waals surface area contributed by atoms with Gasteiger partial charge in [-0.15, -0.1) is 0 Å². The largest absolute Gasteiger partial charge is 0.351 e. The maximum absolute atomic E-state index is 12.3. The molecule has 5 nitrogen and oxygen atoms in total. The summed E-state index contributed by atoms with van der Waals surface area (Å²) in [4.78, 5) is 12.3. The summed E-state index contributed by atoms with van der Waals surface area (Å²) in [6.07, 6.45) is 3.50. The zero-order chi connectivity index (χ0) is 15.8. The Morgan fingerprint density at radius 3 is 2.59 bits per heavy atom. The monoisotopic (exact) mass is 300 g/mol. The van der Waals surface area contributed by atoms with E-state index in [0.29, 0.717) is 12.1 Å². The second-order valence-electron chi connectivity index (χ2n) is 5.11. The van der Waals surface area contributed by atoms with E-state index in [-0.39, 0.29) is 5.91 Å². The minimum atomic E-state index is -0.0580. The van der Waals surface area contributed by atoms with Gasteiger partial charge < -0.3 is 10.6 Å². The first-order chi connectivity index (χ1) is 10.8. The predicted molar refractivity (Wildman–Crippen MR) is 88.4 cm³/mol. The lowest BCUT2D eigenvalue weighted by Gasteiger charge is -2.09. The zero-order valence-electron chi connectivity index (χ0n) is 13.3. The first-order valence-electron chi connectivity index (χ1n) is 7.89. The van der Waals surface area contributed by atoms with Crippen LogP contribution in [0.3, 0.4) is 0 Å². The first kappa shape index (κ1) is 16.2. The van der Waals surface area contributed by atoms with E-state index in [0.717, 1.165) is 37.3 Å². The second-order valence-corrected chi connectivity index (χ2v) is 5.11. The molecule has 0 unspecified atom stereocenters. The molecule has 1 aromatic carbocycles. The van der Waals surface area contributed by atoms with E-state index < -0.39 is 0 Å². The quantitative estimate of drug-likeness (QED) is 0.735. The van der Waals surface area contributed by atoms with E-state index in [9.17, 15) is 4.79 Å². The van der Waals surface area contributed by atoms with E-state index in [2.05, 4.69) is 22.7 Å². The molecule has 1 heterocycles. The summed E-state index contributed by atoms with van der Waals surface area (Å²) in [5, 5.41) is 10.6. The Morgan fingerprint density at radius 2 is 1.91 bits per heavy atom. The van der Waals surface area contributed by atoms with Gasteiger partial charge >= 0.3 is 0 Å². The van der Waals surface area contributed by atoms with Crippen molar-refractivity contribution in [3.05, 3.63) is 47.8 Å². The lowest BCUT2D eigenvalue weighted by Crippen LogP contribution is -2.32. The minimum absolute atomic E-state index is 0.0580. The normalized spacial score (nSPS) is 10.6. The fourth-order valence-corrected chi connectivity index (χ4v) is 2.36. The molecular weight excluding hydrogens is 276 g/mol. The van der Waals surface area contributed by atoms with Crippen LogP contribution in [0.15, 0.2) is 36.5 Å². The highest BCUT2D eigenvalue weighted by Crippen LogP contribution is 2.15.